The lowest BCUT2D eigenvalue weighted by molar-refractivity contribution is -0.440. The van der Waals surface area contributed by atoms with Crippen molar-refractivity contribution in [3.63, 3.8) is 0 Å². The first-order valence-electron chi connectivity index (χ1n) is 29.8. The van der Waals surface area contributed by atoms with E-state index in [0.29, 0.717) is 48.5 Å². The fraction of sp³-hybridized carbons (Fsp3) is 0.593. The molecular weight excluding hydrogens is 1790 g/mol. The van der Waals surface area contributed by atoms with E-state index < -0.39 is 271 Å². The SMILES string of the molecule is O=P(CCCP(=O)(c1cccc(CCC(F)(F)C(F)(F)C(F)(F)C(F)(F)C(F)(F)C(F)(F)F)c1)c1cccc(CCC(F)(F)C(F)(F)C(F)(F)C(F)(F)C(F)(F)C(F)(F)F)c1)(c1cccc(CCC(F)(F)C(F)(F)C(F)(F)C(F)(F)C(F)(F)C(F)(F)F)c1)c1cccc(CCC(F)(F)C(F)(F)C(F)(F)C(F)(F)C(F)(F)C(F)(F)F)c1. The Hall–Kier alpha value is -6.30. The van der Waals surface area contributed by atoms with E-state index in [1.807, 2.05) is 0 Å². The summed E-state index contributed by atoms with van der Waals surface area (Å²) < 4.78 is 761. The van der Waals surface area contributed by atoms with Crippen LogP contribution < -0.4 is 21.2 Å². The van der Waals surface area contributed by atoms with Crippen molar-refractivity contribution in [1.82, 2.24) is 0 Å². The summed E-state index contributed by atoms with van der Waals surface area (Å²) in [4.78, 5) is 0. The van der Waals surface area contributed by atoms with Gasteiger partial charge < -0.3 is 9.13 Å². The summed E-state index contributed by atoms with van der Waals surface area (Å²) in [5.41, 5.74) is -5.18. The van der Waals surface area contributed by atoms with Gasteiger partial charge in [0, 0.05) is 59.2 Å². The van der Waals surface area contributed by atoms with Crippen LogP contribution in [0.15, 0.2) is 97.1 Å². The first kappa shape index (κ1) is 101. The Balaban J connectivity index is 2.04. The van der Waals surface area contributed by atoms with E-state index in [2.05, 4.69) is 0 Å². The van der Waals surface area contributed by atoms with Crippen LogP contribution in [-0.4, -0.2) is 155 Å². The average molecular weight is 1830 g/mol. The molecule has 2 nitrogen and oxygen atoms in total. The van der Waals surface area contributed by atoms with Gasteiger partial charge in [-0.05, 0) is 78.6 Å². The zero-order valence-electron chi connectivity index (χ0n) is 54.4. The summed E-state index contributed by atoms with van der Waals surface area (Å²) in [6.45, 7) is 0. The Kier molecular flexibility index (Phi) is 26.7. The summed E-state index contributed by atoms with van der Waals surface area (Å²) in [5.74, 6) is -161. The molecule has 0 aromatic heterocycles. The molecule has 660 valence electrons. The topological polar surface area (TPSA) is 34.1 Å². The van der Waals surface area contributed by atoms with Crippen LogP contribution in [0.5, 0.6) is 0 Å². The predicted octanol–water partition coefficient (Wildman–Crippen LogP) is 24.1. The molecular formula is C59H38F52O2P2. The second kappa shape index (κ2) is 30.4. The van der Waals surface area contributed by atoms with E-state index in [9.17, 15) is 193 Å². The lowest BCUT2D eigenvalue weighted by Gasteiger charge is -2.39. The maximum absolute atomic E-state index is 15.8. The Morgan fingerprint density at radius 3 is 0.470 bits per heavy atom. The van der Waals surface area contributed by atoms with Crippen molar-refractivity contribution in [2.45, 2.75) is 201 Å². The average Bonchev–Trinajstić information content (AvgIpc) is 0.724. The van der Waals surface area contributed by atoms with Crippen molar-refractivity contribution in [1.29, 1.82) is 0 Å². The van der Waals surface area contributed by atoms with Gasteiger partial charge in [0.25, 0.3) is 0 Å². The molecule has 0 heterocycles. The lowest BCUT2D eigenvalue weighted by Crippen LogP contribution is -2.70. The molecule has 4 aromatic carbocycles. The van der Waals surface area contributed by atoms with Crippen LogP contribution in [0.25, 0.3) is 0 Å². The van der Waals surface area contributed by atoms with E-state index in [1.54, 1.807) is 0 Å². The third-order valence-electron chi connectivity index (χ3n) is 17.2. The number of halogens is 52. The molecule has 0 bridgehead atoms. The highest BCUT2D eigenvalue weighted by molar-refractivity contribution is 7.79. The quantitative estimate of drug-likeness (QED) is 0.0336. The molecule has 0 amide bonds. The highest BCUT2D eigenvalue weighted by atomic mass is 31.2. The van der Waals surface area contributed by atoms with Crippen LogP contribution in [0, 0.1) is 0 Å². The molecule has 4 aromatic rings. The van der Waals surface area contributed by atoms with Crippen molar-refractivity contribution >= 4 is 35.5 Å². The zero-order chi connectivity index (χ0) is 90.7. The Bertz CT molecular complexity index is 3640. The molecule has 56 heteroatoms. The van der Waals surface area contributed by atoms with Gasteiger partial charge >= 0.3 is 143 Å². The third kappa shape index (κ3) is 16.5. The maximum Gasteiger partial charge on any atom is 0.460 e. The van der Waals surface area contributed by atoms with Crippen molar-refractivity contribution < 1.29 is 237 Å². The molecule has 0 aliphatic rings. The van der Waals surface area contributed by atoms with E-state index in [-0.39, 0.29) is 48.5 Å². The van der Waals surface area contributed by atoms with Crippen LogP contribution in [0.4, 0.5) is 228 Å². The van der Waals surface area contributed by atoms with Crippen molar-refractivity contribution in [2.75, 3.05) is 12.3 Å². The van der Waals surface area contributed by atoms with Gasteiger partial charge in [0.2, 0.25) is 0 Å². The lowest BCUT2D eigenvalue weighted by atomic mass is 9.91. The molecule has 0 atom stereocenters. The summed E-state index contributed by atoms with van der Waals surface area (Å²) in [6, 6.07) is 3.98. The third-order valence-corrected chi connectivity index (χ3v) is 23.5. The Morgan fingerprint density at radius 2 is 0.330 bits per heavy atom. The largest absolute Gasteiger partial charge is 0.460 e. The molecule has 0 saturated carbocycles. The fourth-order valence-corrected chi connectivity index (χ4v) is 16.0. The van der Waals surface area contributed by atoms with Crippen LogP contribution in [0.1, 0.15) is 54.4 Å². The summed E-state index contributed by atoms with van der Waals surface area (Å²) >= 11 is 0. The fourth-order valence-electron chi connectivity index (χ4n) is 10.1. The molecule has 0 aliphatic carbocycles. The van der Waals surface area contributed by atoms with Gasteiger partial charge in [-0.15, -0.1) is 0 Å². The van der Waals surface area contributed by atoms with E-state index in [4.69, 9.17) is 0 Å². The number of benzene rings is 4. The minimum Gasteiger partial charge on any atom is -0.314 e. The van der Waals surface area contributed by atoms with Crippen LogP contribution in [0.3, 0.4) is 0 Å². The predicted molar refractivity (Wildman–Crippen MR) is 290 cm³/mol. The van der Waals surface area contributed by atoms with Gasteiger partial charge in [0.15, 0.2) is 0 Å². The normalized spacial score (nSPS) is 15.8. The van der Waals surface area contributed by atoms with Gasteiger partial charge in [-0.3, -0.25) is 0 Å². The van der Waals surface area contributed by atoms with Gasteiger partial charge in [0.05, 0.1) is 0 Å². The molecule has 0 aliphatic heterocycles. The van der Waals surface area contributed by atoms with Crippen molar-refractivity contribution in [3.05, 3.63) is 119 Å². The second-order valence-corrected chi connectivity index (χ2v) is 30.9. The molecule has 0 saturated heterocycles. The first-order valence-corrected chi connectivity index (χ1v) is 33.6. The molecule has 4 rings (SSSR count). The Morgan fingerprint density at radius 1 is 0.191 bits per heavy atom. The van der Waals surface area contributed by atoms with E-state index in [0.717, 1.165) is 0 Å². The van der Waals surface area contributed by atoms with Crippen LogP contribution in [-0.2, 0) is 34.8 Å². The van der Waals surface area contributed by atoms with Crippen LogP contribution >= 0.6 is 14.3 Å². The smallest absolute Gasteiger partial charge is 0.314 e. The van der Waals surface area contributed by atoms with Crippen molar-refractivity contribution in [3.8, 4) is 0 Å². The Labute approximate surface area is 605 Å². The number of rotatable bonds is 36. The standard InChI is InChI=1S/C59H38F52O2P2/c60-36(61,40(68,69)44(76,77)48(84,85)52(92,93)56(100,101)102)18-14-28-6-1-10-32(24-28)114(112,33-11-2-7-29(25-33)15-19-37(62,63)41(70,71)45(78,79)49(86,87)53(94,95)57(103,104)105)22-5-23-115(113,34-12-3-8-30(26-34)16-20-38(64,65)42(72,73)46(80,81)50(88,89)54(96,97)58(106,107)108)35-13-4-9-31(27-35)17-21-39(66,67)43(74,75)47(82,83)51(90,91)55(98,99)59(109,110)111/h1-4,6-13,24-27H,5,14-23H2. The molecule has 0 spiro atoms. The van der Waals surface area contributed by atoms with Crippen LogP contribution in [0.2, 0.25) is 0 Å². The van der Waals surface area contributed by atoms with Gasteiger partial charge in [-0.25, -0.2) is 0 Å². The van der Waals surface area contributed by atoms with Crippen molar-refractivity contribution in [2.24, 2.45) is 0 Å². The van der Waals surface area contributed by atoms with Gasteiger partial charge in [0.1, 0.15) is 14.3 Å². The summed E-state index contributed by atoms with van der Waals surface area (Å²) in [7, 11) is -11.4. The number of hydrogen-bond donors (Lipinski definition) is 0. The minimum atomic E-state index is -8.52. The van der Waals surface area contributed by atoms with E-state index >= 15 is 44.3 Å². The highest BCUT2D eigenvalue weighted by Gasteiger charge is 2.95. The van der Waals surface area contributed by atoms with Gasteiger partial charge in [-0.1, -0.05) is 72.8 Å². The number of alkyl halides is 52. The number of aryl methyl sites for hydroxylation is 4. The molecule has 0 N–H and O–H groups in total. The minimum absolute atomic E-state index is 0.0583. The first-order chi connectivity index (χ1) is 50.4. The maximum atomic E-state index is 15.8. The second-order valence-electron chi connectivity index (χ2n) is 25.0. The molecule has 0 fully saturated rings. The van der Waals surface area contributed by atoms with E-state index in [1.165, 1.54) is 0 Å². The zero-order valence-corrected chi connectivity index (χ0v) is 56.2. The molecule has 0 unspecified atom stereocenters. The number of hydrogen-bond acceptors (Lipinski definition) is 2. The molecule has 115 heavy (non-hydrogen) atoms. The monoisotopic (exact) mass is 1830 g/mol. The summed E-state index contributed by atoms with van der Waals surface area (Å²) in [5, 5.41) is -5.14. The summed E-state index contributed by atoms with van der Waals surface area (Å²) in [6.07, 6.45) is -58.2. The van der Waals surface area contributed by atoms with Gasteiger partial charge in [-0.2, -0.15) is 228 Å². The molecule has 0 radical (unpaired) electrons. The highest BCUT2D eigenvalue weighted by Crippen LogP contribution is 2.67.